The number of alkyl halides is 3. The quantitative estimate of drug-likeness (QED) is 0.770. The van der Waals surface area contributed by atoms with E-state index in [9.17, 15) is 22.0 Å². The topological polar surface area (TPSA) is 33.0 Å². The number of hydrogen-bond acceptors (Lipinski definition) is 2. The summed E-state index contributed by atoms with van der Waals surface area (Å²) >= 11 is 0. The van der Waals surface area contributed by atoms with Gasteiger partial charge in [0.2, 0.25) is 0 Å². The van der Waals surface area contributed by atoms with Crippen molar-refractivity contribution in [3.8, 4) is 22.9 Å². The summed E-state index contributed by atoms with van der Waals surface area (Å²) in [4.78, 5) is 0. The first-order valence-electron chi connectivity index (χ1n) is 5.55. The van der Waals surface area contributed by atoms with Crippen molar-refractivity contribution in [3.05, 3.63) is 53.6 Å². The van der Waals surface area contributed by atoms with Gasteiger partial charge in [-0.05, 0) is 30.3 Å². The molecule has 0 radical (unpaired) electrons. The molecule has 0 aliphatic rings. The zero-order chi connectivity index (χ0) is 15.6. The number of halogens is 5. The fraction of sp³-hybridized carbons (Fsp3) is 0.0714. The van der Waals surface area contributed by atoms with Crippen LogP contribution in [0, 0.1) is 23.0 Å². The minimum atomic E-state index is -4.93. The van der Waals surface area contributed by atoms with Crippen molar-refractivity contribution in [3.63, 3.8) is 0 Å². The summed E-state index contributed by atoms with van der Waals surface area (Å²) < 4.78 is 67.5. The van der Waals surface area contributed by atoms with Crippen molar-refractivity contribution >= 4 is 0 Å². The lowest BCUT2D eigenvalue weighted by Crippen LogP contribution is -2.17. The molecule has 0 unspecified atom stereocenters. The predicted molar refractivity (Wildman–Crippen MR) is 63.2 cm³/mol. The minimum absolute atomic E-state index is 0.0133. The average Bonchev–Trinajstić information content (AvgIpc) is 2.39. The molecule has 0 saturated carbocycles. The Balaban J connectivity index is 2.49. The molecule has 0 bridgehead atoms. The van der Waals surface area contributed by atoms with Gasteiger partial charge in [-0.3, -0.25) is 0 Å². The van der Waals surface area contributed by atoms with Crippen molar-refractivity contribution in [2.75, 3.05) is 0 Å². The molecule has 0 atom stereocenters. The first-order chi connectivity index (χ1) is 9.80. The molecule has 0 saturated heterocycles. The van der Waals surface area contributed by atoms with Crippen LogP contribution in [0.2, 0.25) is 0 Å². The van der Waals surface area contributed by atoms with Crippen LogP contribution in [0.1, 0.15) is 5.56 Å². The Kier molecular flexibility index (Phi) is 3.80. The Morgan fingerprint density at radius 2 is 1.62 bits per heavy atom. The molecule has 0 aliphatic heterocycles. The molecular weight excluding hydrogens is 293 g/mol. The molecule has 0 aliphatic carbocycles. The Labute approximate surface area is 116 Å². The molecule has 0 spiro atoms. The summed E-state index contributed by atoms with van der Waals surface area (Å²) in [5.41, 5.74) is -0.641. The number of nitrogens with zero attached hydrogens (tertiary/aromatic N) is 1. The maximum absolute atomic E-state index is 13.8. The van der Waals surface area contributed by atoms with Crippen LogP contribution in [0.15, 0.2) is 36.4 Å². The summed E-state index contributed by atoms with van der Waals surface area (Å²) in [6, 6.07) is 7.18. The average molecular weight is 299 g/mol. The van der Waals surface area contributed by atoms with Crippen LogP contribution in [-0.4, -0.2) is 6.36 Å². The fourth-order valence-corrected chi connectivity index (χ4v) is 1.71. The normalized spacial score (nSPS) is 11.0. The first-order valence-corrected chi connectivity index (χ1v) is 5.55. The molecule has 21 heavy (non-hydrogen) atoms. The van der Waals surface area contributed by atoms with E-state index in [1.54, 1.807) is 6.07 Å². The van der Waals surface area contributed by atoms with Gasteiger partial charge in [0.25, 0.3) is 0 Å². The van der Waals surface area contributed by atoms with Crippen molar-refractivity contribution in [1.82, 2.24) is 0 Å². The molecule has 2 nitrogen and oxygen atoms in total. The molecule has 7 heteroatoms. The molecule has 0 amide bonds. The Morgan fingerprint density at radius 3 is 2.19 bits per heavy atom. The third kappa shape index (κ3) is 3.48. The Morgan fingerprint density at radius 1 is 0.905 bits per heavy atom. The van der Waals surface area contributed by atoms with Gasteiger partial charge in [0, 0.05) is 11.1 Å². The molecule has 2 aromatic carbocycles. The standard InChI is InChI=1S/C14H6F5NO/c15-12-4-2-9(21-14(17,18)19)6-11(12)10-3-1-8(7-20)5-13(10)16/h1-6H. The molecule has 108 valence electrons. The second kappa shape index (κ2) is 5.40. The van der Waals surface area contributed by atoms with Crippen LogP contribution in [0.5, 0.6) is 5.75 Å². The van der Waals surface area contributed by atoms with E-state index in [-0.39, 0.29) is 11.1 Å². The van der Waals surface area contributed by atoms with Gasteiger partial charge < -0.3 is 4.74 Å². The smallest absolute Gasteiger partial charge is 0.406 e. The fourth-order valence-electron chi connectivity index (χ4n) is 1.71. The van der Waals surface area contributed by atoms with Crippen LogP contribution in [-0.2, 0) is 0 Å². The van der Waals surface area contributed by atoms with E-state index in [4.69, 9.17) is 5.26 Å². The molecule has 0 fully saturated rings. The van der Waals surface area contributed by atoms with Gasteiger partial charge in [0.1, 0.15) is 17.4 Å². The largest absolute Gasteiger partial charge is 0.573 e. The molecular formula is C14H6F5NO. The van der Waals surface area contributed by atoms with Gasteiger partial charge in [-0.25, -0.2) is 8.78 Å². The summed E-state index contributed by atoms with van der Waals surface area (Å²) in [7, 11) is 0. The van der Waals surface area contributed by atoms with Crippen LogP contribution in [0.4, 0.5) is 22.0 Å². The van der Waals surface area contributed by atoms with E-state index < -0.39 is 29.3 Å². The van der Waals surface area contributed by atoms with E-state index in [0.29, 0.717) is 0 Å². The minimum Gasteiger partial charge on any atom is -0.406 e. The molecule has 0 aromatic heterocycles. The second-order valence-corrected chi connectivity index (χ2v) is 4.00. The van der Waals surface area contributed by atoms with Crippen molar-refractivity contribution in [1.29, 1.82) is 5.26 Å². The van der Waals surface area contributed by atoms with Gasteiger partial charge in [-0.15, -0.1) is 13.2 Å². The monoisotopic (exact) mass is 299 g/mol. The predicted octanol–water partition coefficient (Wildman–Crippen LogP) is 4.40. The first kappa shape index (κ1) is 14.8. The molecule has 2 aromatic rings. The maximum atomic E-state index is 13.8. The molecule has 0 heterocycles. The summed E-state index contributed by atoms with van der Waals surface area (Å²) in [5.74, 6) is -2.49. The zero-order valence-electron chi connectivity index (χ0n) is 10.2. The number of nitriles is 1. The third-order valence-corrected chi connectivity index (χ3v) is 2.56. The molecule has 2 rings (SSSR count). The van der Waals surface area contributed by atoms with Crippen LogP contribution >= 0.6 is 0 Å². The van der Waals surface area contributed by atoms with Gasteiger partial charge in [0.15, 0.2) is 0 Å². The van der Waals surface area contributed by atoms with Crippen LogP contribution in [0.3, 0.4) is 0 Å². The van der Waals surface area contributed by atoms with E-state index in [1.807, 2.05) is 0 Å². The van der Waals surface area contributed by atoms with Gasteiger partial charge in [-0.1, -0.05) is 6.07 Å². The lowest BCUT2D eigenvalue weighted by atomic mass is 10.0. The maximum Gasteiger partial charge on any atom is 0.573 e. The zero-order valence-corrected chi connectivity index (χ0v) is 10.2. The molecule has 0 N–H and O–H groups in total. The van der Waals surface area contributed by atoms with E-state index in [2.05, 4.69) is 4.74 Å². The highest BCUT2D eigenvalue weighted by molar-refractivity contribution is 5.67. The third-order valence-electron chi connectivity index (χ3n) is 2.56. The summed E-state index contributed by atoms with van der Waals surface area (Å²) in [6.45, 7) is 0. The highest BCUT2D eigenvalue weighted by Gasteiger charge is 2.31. The summed E-state index contributed by atoms with van der Waals surface area (Å²) in [6.07, 6.45) is -4.93. The van der Waals surface area contributed by atoms with Crippen molar-refractivity contribution in [2.24, 2.45) is 0 Å². The van der Waals surface area contributed by atoms with Crippen LogP contribution < -0.4 is 4.74 Å². The summed E-state index contributed by atoms with van der Waals surface area (Å²) in [5, 5.41) is 8.61. The Bertz CT molecular complexity index is 718. The van der Waals surface area contributed by atoms with Crippen molar-refractivity contribution in [2.45, 2.75) is 6.36 Å². The number of benzene rings is 2. The SMILES string of the molecule is N#Cc1ccc(-c2cc(OC(F)(F)F)ccc2F)c(F)c1. The van der Waals surface area contributed by atoms with E-state index in [1.165, 1.54) is 6.07 Å². The van der Waals surface area contributed by atoms with E-state index >= 15 is 0 Å². The second-order valence-electron chi connectivity index (χ2n) is 4.00. The lowest BCUT2D eigenvalue weighted by Gasteiger charge is -2.11. The van der Waals surface area contributed by atoms with Gasteiger partial charge >= 0.3 is 6.36 Å². The number of hydrogen-bond donors (Lipinski definition) is 0. The number of ether oxygens (including phenoxy) is 1. The van der Waals surface area contributed by atoms with Gasteiger partial charge in [0.05, 0.1) is 11.6 Å². The van der Waals surface area contributed by atoms with E-state index in [0.717, 1.165) is 30.3 Å². The number of rotatable bonds is 2. The lowest BCUT2D eigenvalue weighted by molar-refractivity contribution is -0.274. The van der Waals surface area contributed by atoms with Crippen LogP contribution in [0.25, 0.3) is 11.1 Å². The highest BCUT2D eigenvalue weighted by atomic mass is 19.4. The Hall–Kier alpha value is -2.62. The van der Waals surface area contributed by atoms with Gasteiger partial charge in [-0.2, -0.15) is 5.26 Å². The highest BCUT2D eigenvalue weighted by Crippen LogP contribution is 2.31. The van der Waals surface area contributed by atoms with Crippen molar-refractivity contribution < 1.29 is 26.7 Å².